The standard InChI is InChI=1S/C17H23N3O2/c1-21-13-11-19-17(18-10-9-16-8-5-12-22-16)20-14-15-6-3-2-4-7-15/h2-8,12H,9-11,13-14H2,1H3,(H2,18,19,20). The lowest BCUT2D eigenvalue weighted by Gasteiger charge is -2.12. The molecule has 0 bridgehead atoms. The molecule has 0 radical (unpaired) electrons. The fraction of sp³-hybridized carbons (Fsp3) is 0.353. The highest BCUT2D eigenvalue weighted by atomic mass is 16.5. The predicted molar refractivity (Wildman–Crippen MR) is 87.9 cm³/mol. The minimum Gasteiger partial charge on any atom is -0.469 e. The van der Waals surface area contributed by atoms with Gasteiger partial charge in [0.1, 0.15) is 5.76 Å². The zero-order valence-corrected chi connectivity index (χ0v) is 12.9. The number of ether oxygens (including phenoxy) is 1. The van der Waals surface area contributed by atoms with Gasteiger partial charge < -0.3 is 19.8 Å². The first-order valence-corrected chi connectivity index (χ1v) is 7.46. The number of benzene rings is 1. The van der Waals surface area contributed by atoms with Crippen LogP contribution in [0.25, 0.3) is 0 Å². The first-order chi connectivity index (χ1) is 10.9. The molecule has 5 nitrogen and oxygen atoms in total. The van der Waals surface area contributed by atoms with E-state index in [4.69, 9.17) is 9.15 Å². The van der Waals surface area contributed by atoms with Crippen molar-refractivity contribution >= 4 is 5.96 Å². The van der Waals surface area contributed by atoms with Gasteiger partial charge in [-0.1, -0.05) is 30.3 Å². The molecule has 0 atom stereocenters. The molecule has 2 aromatic rings. The van der Waals surface area contributed by atoms with Gasteiger partial charge in [-0.3, -0.25) is 0 Å². The topological polar surface area (TPSA) is 58.8 Å². The molecule has 0 saturated carbocycles. The summed E-state index contributed by atoms with van der Waals surface area (Å²) >= 11 is 0. The smallest absolute Gasteiger partial charge is 0.191 e. The van der Waals surface area contributed by atoms with Crippen molar-refractivity contribution in [3.63, 3.8) is 0 Å². The number of guanidine groups is 1. The van der Waals surface area contributed by atoms with Crippen LogP contribution >= 0.6 is 0 Å². The Labute approximate surface area is 131 Å². The summed E-state index contributed by atoms with van der Waals surface area (Å²) in [6.07, 6.45) is 2.51. The molecule has 22 heavy (non-hydrogen) atoms. The molecule has 2 N–H and O–H groups in total. The molecule has 0 spiro atoms. The number of nitrogens with one attached hydrogen (secondary N) is 2. The van der Waals surface area contributed by atoms with Crippen LogP contribution in [0.5, 0.6) is 0 Å². The lowest BCUT2D eigenvalue weighted by Crippen LogP contribution is -2.40. The Morgan fingerprint density at radius 1 is 1.09 bits per heavy atom. The third-order valence-electron chi connectivity index (χ3n) is 3.11. The Bertz CT molecular complexity index is 538. The maximum Gasteiger partial charge on any atom is 0.191 e. The molecule has 118 valence electrons. The van der Waals surface area contributed by atoms with Crippen molar-refractivity contribution in [2.45, 2.75) is 13.0 Å². The molecule has 1 aromatic heterocycles. The Kier molecular flexibility index (Phi) is 7.05. The highest BCUT2D eigenvalue weighted by Gasteiger charge is 2.00. The summed E-state index contributed by atoms with van der Waals surface area (Å²) in [6, 6.07) is 14.1. The van der Waals surface area contributed by atoms with Gasteiger partial charge in [-0.05, 0) is 17.7 Å². The minimum atomic E-state index is 0.643. The summed E-state index contributed by atoms with van der Waals surface area (Å²) in [5, 5.41) is 6.56. The molecule has 0 fully saturated rings. The van der Waals surface area contributed by atoms with E-state index in [1.165, 1.54) is 5.56 Å². The Morgan fingerprint density at radius 3 is 2.64 bits per heavy atom. The molecule has 0 aliphatic heterocycles. The van der Waals surface area contributed by atoms with E-state index in [2.05, 4.69) is 27.8 Å². The SMILES string of the molecule is COCCNC(=NCc1ccccc1)NCCc1ccco1. The zero-order valence-electron chi connectivity index (χ0n) is 12.9. The molecular weight excluding hydrogens is 278 g/mol. The molecule has 0 saturated heterocycles. The van der Waals surface area contributed by atoms with Crippen LogP contribution in [0.4, 0.5) is 0 Å². The van der Waals surface area contributed by atoms with E-state index >= 15 is 0 Å². The molecule has 1 heterocycles. The number of nitrogens with zero attached hydrogens (tertiary/aromatic N) is 1. The maximum atomic E-state index is 5.32. The fourth-order valence-corrected chi connectivity index (χ4v) is 1.96. The normalized spacial score (nSPS) is 11.4. The van der Waals surface area contributed by atoms with Crippen molar-refractivity contribution in [3.05, 3.63) is 60.1 Å². The van der Waals surface area contributed by atoms with Crippen molar-refractivity contribution in [2.75, 3.05) is 26.8 Å². The van der Waals surface area contributed by atoms with Gasteiger partial charge in [-0.2, -0.15) is 0 Å². The summed E-state index contributed by atoms with van der Waals surface area (Å²) in [5.41, 5.74) is 1.18. The number of aliphatic imine (C=N–C) groups is 1. The van der Waals surface area contributed by atoms with Crippen LogP contribution in [0.3, 0.4) is 0 Å². The molecular formula is C17H23N3O2. The van der Waals surface area contributed by atoms with Crippen LogP contribution in [0.1, 0.15) is 11.3 Å². The third-order valence-corrected chi connectivity index (χ3v) is 3.11. The quantitative estimate of drug-likeness (QED) is 0.446. The average Bonchev–Trinajstić information content (AvgIpc) is 3.06. The Morgan fingerprint density at radius 2 is 1.91 bits per heavy atom. The second-order valence-electron chi connectivity index (χ2n) is 4.83. The van der Waals surface area contributed by atoms with Crippen molar-refractivity contribution in [1.29, 1.82) is 0 Å². The summed E-state index contributed by atoms with van der Waals surface area (Å²) in [6.45, 7) is 2.77. The fourth-order valence-electron chi connectivity index (χ4n) is 1.96. The van der Waals surface area contributed by atoms with Gasteiger partial charge in [0.2, 0.25) is 0 Å². The molecule has 0 amide bonds. The number of methoxy groups -OCH3 is 1. The molecule has 0 unspecified atom stereocenters. The van der Waals surface area contributed by atoms with Gasteiger partial charge in [0.25, 0.3) is 0 Å². The lowest BCUT2D eigenvalue weighted by atomic mass is 10.2. The minimum absolute atomic E-state index is 0.643. The van der Waals surface area contributed by atoms with Gasteiger partial charge in [0, 0.05) is 26.6 Å². The first-order valence-electron chi connectivity index (χ1n) is 7.46. The summed E-state index contributed by atoms with van der Waals surface area (Å²) in [5.74, 6) is 1.75. The van der Waals surface area contributed by atoms with Crippen LogP contribution in [-0.4, -0.2) is 32.8 Å². The average molecular weight is 301 g/mol. The summed E-state index contributed by atoms with van der Waals surface area (Å²) in [7, 11) is 1.69. The molecule has 5 heteroatoms. The van der Waals surface area contributed by atoms with Crippen molar-refractivity contribution in [3.8, 4) is 0 Å². The Balaban J connectivity index is 1.83. The highest BCUT2D eigenvalue weighted by molar-refractivity contribution is 5.79. The van der Waals surface area contributed by atoms with Gasteiger partial charge in [0.15, 0.2) is 5.96 Å². The molecule has 1 aromatic carbocycles. The van der Waals surface area contributed by atoms with Gasteiger partial charge in [-0.15, -0.1) is 0 Å². The highest BCUT2D eigenvalue weighted by Crippen LogP contribution is 2.01. The number of hydrogen-bond donors (Lipinski definition) is 2. The van der Waals surface area contributed by atoms with E-state index in [1.807, 2.05) is 30.3 Å². The maximum absolute atomic E-state index is 5.32. The van der Waals surface area contributed by atoms with Crippen LogP contribution in [0, 0.1) is 0 Å². The molecule has 0 aliphatic carbocycles. The third kappa shape index (κ3) is 6.01. The van der Waals surface area contributed by atoms with Crippen molar-refractivity contribution in [1.82, 2.24) is 10.6 Å². The summed E-state index contributed by atoms with van der Waals surface area (Å²) < 4.78 is 10.4. The second kappa shape index (κ2) is 9.63. The van der Waals surface area contributed by atoms with Crippen molar-refractivity contribution in [2.24, 2.45) is 4.99 Å². The van der Waals surface area contributed by atoms with Gasteiger partial charge in [-0.25, -0.2) is 4.99 Å². The van der Waals surface area contributed by atoms with Crippen LogP contribution < -0.4 is 10.6 Å². The summed E-state index contributed by atoms with van der Waals surface area (Å²) in [4.78, 5) is 4.59. The van der Waals surface area contributed by atoms with E-state index in [1.54, 1.807) is 13.4 Å². The zero-order chi connectivity index (χ0) is 15.5. The first kappa shape index (κ1) is 16.1. The van der Waals surface area contributed by atoms with Gasteiger partial charge >= 0.3 is 0 Å². The second-order valence-corrected chi connectivity index (χ2v) is 4.83. The molecule has 0 aliphatic rings. The van der Waals surface area contributed by atoms with Gasteiger partial charge in [0.05, 0.1) is 19.4 Å². The monoisotopic (exact) mass is 301 g/mol. The predicted octanol–water partition coefficient (Wildman–Crippen LogP) is 2.20. The van der Waals surface area contributed by atoms with Crippen molar-refractivity contribution < 1.29 is 9.15 Å². The number of rotatable bonds is 8. The van der Waals surface area contributed by atoms with E-state index in [0.717, 1.165) is 31.2 Å². The van der Waals surface area contributed by atoms with Crippen LogP contribution in [-0.2, 0) is 17.7 Å². The van der Waals surface area contributed by atoms with E-state index < -0.39 is 0 Å². The lowest BCUT2D eigenvalue weighted by molar-refractivity contribution is 0.203. The Hall–Kier alpha value is -2.27. The number of hydrogen-bond acceptors (Lipinski definition) is 3. The molecule has 2 rings (SSSR count). The van der Waals surface area contributed by atoms with E-state index in [9.17, 15) is 0 Å². The van der Waals surface area contributed by atoms with Crippen LogP contribution in [0.15, 0.2) is 58.1 Å². The van der Waals surface area contributed by atoms with E-state index in [-0.39, 0.29) is 0 Å². The largest absolute Gasteiger partial charge is 0.469 e. The van der Waals surface area contributed by atoms with E-state index in [0.29, 0.717) is 13.2 Å². The van der Waals surface area contributed by atoms with Crippen LogP contribution in [0.2, 0.25) is 0 Å². The number of furan rings is 1.